The topological polar surface area (TPSA) is 12.9 Å². The van der Waals surface area contributed by atoms with Gasteiger partial charge in [-0.2, -0.15) is 13.2 Å². The molecule has 0 atom stereocenters. The van der Waals surface area contributed by atoms with E-state index in [9.17, 15) is 13.2 Å². The number of halogens is 4. The van der Waals surface area contributed by atoms with E-state index in [2.05, 4.69) is 27.6 Å². The van der Waals surface area contributed by atoms with Crippen LogP contribution in [0.5, 0.6) is 0 Å². The highest BCUT2D eigenvalue weighted by Gasteiger charge is 2.30. The zero-order valence-electron chi connectivity index (χ0n) is 9.19. The molecule has 0 radical (unpaired) electrons. The van der Waals surface area contributed by atoms with Crippen LogP contribution in [-0.2, 0) is 6.18 Å². The molecule has 0 saturated carbocycles. The van der Waals surface area contributed by atoms with Crippen molar-refractivity contribution in [3.8, 4) is 0 Å². The maximum Gasteiger partial charge on any atom is 0.416 e. The highest BCUT2D eigenvalue weighted by molar-refractivity contribution is 14.1. The SMILES string of the molecule is Cc1nc2cc(C(F)(F)F)ccc2c(I)c1C. The Morgan fingerprint density at radius 2 is 1.82 bits per heavy atom. The summed E-state index contributed by atoms with van der Waals surface area (Å²) in [4.78, 5) is 4.21. The van der Waals surface area contributed by atoms with E-state index >= 15 is 0 Å². The molecule has 0 saturated heterocycles. The smallest absolute Gasteiger partial charge is 0.253 e. The first kappa shape index (κ1) is 12.6. The average Bonchev–Trinajstić information content (AvgIpc) is 2.24. The van der Waals surface area contributed by atoms with E-state index in [1.165, 1.54) is 6.07 Å². The summed E-state index contributed by atoms with van der Waals surface area (Å²) in [7, 11) is 0. The third-order valence-electron chi connectivity index (χ3n) is 2.72. The minimum atomic E-state index is -4.32. The molecule has 5 heteroatoms. The standard InChI is InChI=1S/C12H9F3IN/c1-6-7(2)17-10-5-8(12(13,14)15)3-4-9(10)11(6)16/h3-5H,1-2H3. The summed E-state index contributed by atoms with van der Waals surface area (Å²) in [5.74, 6) is 0. The Kier molecular flexibility index (Phi) is 3.05. The summed E-state index contributed by atoms with van der Waals surface area (Å²) in [6.45, 7) is 3.72. The molecule has 0 unspecified atom stereocenters. The van der Waals surface area contributed by atoms with Gasteiger partial charge in [0.25, 0.3) is 0 Å². The monoisotopic (exact) mass is 351 g/mol. The molecule has 1 nitrogen and oxygen atoms in total. The van der Waals surface area contributed by atoms with Crippen molar-refractivity contribution in [2.45, 2.75) is 20.0 Å². The maximum atomic E-state index is 12.6. The number of aryl methyl sites for hydroxylation is 1. The van der Waals surface area contributed by atoms with Gasteiger partial charge in [0.05, 0.1) is 11.1 Å². The predicted molar refractivity (Wildman–Crippen MR) is 68.9 cm³/mol. The average molecular weight is 351 g/mol. The van der Waals surface area contributed by atoms with E-state index in [1.807, 2.05) is 6.92 Å². The quantitative estimate of drug-likeness (QED) is 0.638. The Morgan fingerprint density at radius 1 is 1.18 bits per heavy atom. The number of rotatable bonds is 0. The lowest BCUT2D eigenvalue weighted by atomic mass is 10.1. The summed E-state index contributed by atoms with van der Waals surface area (Å²) in [6.07, 6.45) is -4.32. The first-order valence-electron chi connectivity index (χ1n) is 4.94. The largest absolute Gasteiger partial charge is 0.416 e. The van der Waals surface area contributed by atoms with Gasteiger partial charge >= 0.3 is 6.18 Å². The second-order valence-electron chi connectivity index (χ2n) is 3.87. The Hall–Kier alpha value is -0.850. The zero-order chi connectivity index (χ0) is 12.8. The molecule has 0 aliphatic carbocycles. The van der Waals surface area contributed by atoms with E-state index < -0.39 is 11.7 Å². The van der Waals surface area contributed by atoms with Crippen molar-refractivity contribution in [1.82, 2.24) is 4.98 Å². The molecule has 0 aliphatic rings. The minimum Gasteiger partial charge on any atom is -0.253 e. The van der Waals surface area contributed by atoms with Crippen molar-refractivity contribution in [3.05, 3.63) is 38.6 Å². The van der Waals surface area contributed by atoms with Crippen LogP contribution in [0.15, 0.2) is 18.2 Å². The molecule has 0 N–H and O–H groups in total. The molecular weight excluding hydrogens is 342 g/mol. The molecule has 0 aliphatic heterocycles. The number of hydrogen-bond acceptors (Lipinski definition) is 1. The minimum absolute atomic E-state index is 0.396. The molecular formula is C12H9F3IN. The molecule has 17 heavy (non-hydrogen) atoms. The lowest BCUT2D eigenvalue weighted by Crippen LogP contribution is -2.05. The summed E-state index contributed by atoms with van der Waals surface area (Å²) in [5, 5.41) is 0.765. The maximum absolute atomic E-state index is 12.6. The van der Waals surface area contributed by atoms with Crippen molar-refractivity contribution in [2.75, 3.05) is 0 Å². The second-order valence-corrected chi connectivity index (χ2v) is 4.94. The van der Waals surface area contributed by atoms with Gasteiger partial charge in [0, 0.05) is 14.7 Å². The second kappa shape index (κ2) is 4.12. The first-order valence-corrected chi connectivity index (χ1v) is 6.02. The van der Waals surface area contributed by atoms with Gasteiger partial charge in [-0.25, -0.2) is 0 Å². The van der Waals surface area contributed by atoms with Crippen LogP contribution < -0.4 is 0 Å². The van der Waals surface area contributed by atoms with Crippen LogP contribution in [0.25, 0.3) is 10.9 Å². The van der Waals surface area contributed by atoms with Crippen LogP contribution in [0.4, 0.5) is 13.2 Å². The Bertz CT molecular complexity index is 590. The fraction of sp³-hybridized carbons (Fsp3) is 0.250. The third-order valence-corrected chi connectivity index (χ3v) is 4.11. The first-order chi connectivity index (χ1) is 7.80. The van der Waals surface area contributed by atoms with Gasteiger partial charge in [-0.3, -0.25) is 4.98 Å². The zero-order valence-corrected chi connectivity index (χ0v) is 11.3. The van der Waals surface area contributed by atoms with E-state index in [4.69, 9.17) is 0 Å². The Labute approximate surface area is 110 Å². The van der Waals surface area contributed by atoms with Crippen LogP contribution >= 0.6 is 22.6 Å². The summed E-state index contributed by atoms with van der Waals surface area (Å²) in [6, 6.07) is 3.68. The molecule has 0 fully saturated rings. The van der Waals surface area contributed by atoms with E-state index in [0.29, 0.717) is 5.52 Å². The van der Waals surface area contributed by atoms with Gasteiger partial charge in [0.2, 0.25) is 0 Å². The van der Waals surface area contributed by atoms with Gasteiger partial charge < -0.3 is 0 Å². The number of pyridine rings is 1. The van der Waals surface area contributed by atoms with Gasteiger partial charge in [-0.15, -0.1) is 0 Å². The molecule has 1 heterocycles. The number of hydrogen-bond donors (Lipinski definition) is 0. The normalized spacial score (nSPS) is 12.1. The van der Waals surface area contributed by atoms with Crippen LogP contribution in [0.1, 0.15) is 16.8 Å². The Morgan fingerprint density at radius 3 is 2.41 bits per heavy atom. The number of benzene rings is 1. The van der Waals surface area contributed by atoms with E-state index in [0.717, 1.165) is 32.3 Å². The summed E-state index contributed by atoms with van der Waals surface area (Å²) >= 11 is 2.14. The molecule has 2 aromatic rings. The van der Waals surface area contributed by atoms with Crippen LogP contribution in [0.2, 0.25) is 0 Å². The highest BCUT2D eigenvalue weighted by Crippen LogP contribution is 2.32. The van der Waals surface area contributed by atoms with Crippen LogP contribution in [0, 0.1) is 17.4 Å². The van der Waals surface area contributed by atoms with Crippen molar-refractivity contribution in [3.63, 3.8) is 0 Å². The molecule has 2 rings (SSSR count). The number of alkyl halides is 3. The predicted octanol–water partition coefficient (Wildman–Crippen LogP) is 4.48. The summed E-state index contributed by atoms with van der Waals surface area (Å²) < 4.78 is 38.7. The fourth-order valence-electron chi connectivity index (χ4n) is 1.61. The van der Waals surface area contributed by atoms with Crippen molar-refractivity contribution < 1.29 is 13.2 Å². The van der Waals surface area contributed by atoms with E-state index in [1.54, 1.807) is 6.92 Å². The fourth-order valence-corrected chi connectivity index (χ4v) is 2.46. The number of fused-ring (bicyclic) bond motifs is 1. The molecule has 1 aromatic heterocycles. The van der Waals surface area contributed by atoms with E-state index in [-0.39, 0.29) is 0 Å². The van der Waals surface area contributed by atoms with Crippen LogP contribution in [0.3, 0.4) is 0 Å². The third kappa shape index (κ3) is 2.25. The van der Waals surface area contributed by atoms with Crippen molar-refractivity contribution in [1.29, 1.82) is 0 Å². The Balaban J connectivity index is 2.76. The molecule has 90 valence electrons. The van der Waals surface area contributed by atoms with Gasteiger partial charge in [-0.1, -0.05) is 6.07 Å². The molecule has 1 aromatic carbocycles. The summed E-state index contributed by atoms with van der Waals surface area (Å²) in [5.41, 5.74) is 1.52. The molecule has 0 spiro atoms. The van der Waals surface area contributed by atoms with Crippen molar-refractivity contribution >= 4 is 33.5 Å². The lowest BCUT2D eigenvalue weighted by Gasteiger charge is -2.10. The number of nitrogens with zero attached hydrogens (tertiary/aromatic N) is 1. The molecule has 0 amide bonds. The van der Waals surface area contributed by atoms with Crippen LogP contribution in [-0.4, -0.2) is 4.98 Å². The molecule has 0 bridgehead atoms. The number of aromatic nitrogens is 1. The van der Waals surface area contributed by atoms with Crippen molar-refractivity contribution in [2.24, 2.45) is 0 Å². The van der Waals surface area contributed by atoms with Gasteiger partial charge in [-0.05, 0) is 54.1 Å². The van der Waals surface area contributed by atoms with Gasteiger partial charge in [0.15, 0.2) is 0 Å². The lowest BCUT2D eigenvalue weighted by molar-refractivity contribution is -0.137. The van der Waals surface area contributed by atoms with Gasteiger partial charge in [0.1, 0.15) is 0 Å². The highest BCUT2D eigenvalue weighted by atomic mass is 127.